The second-order valence-corrected chi connectivity index (χ2v) is 17.1. The number of carbonyl (C=O) groups excluding carboxylic acids is 7. The van der Waals surface area contributed by atoms with Crippen molar-refractivity contribution >= 4 is 63.3 Å². The number of benzene rings is 3. The van der Waals surface area contributed by atoms with Crippen molar-refractivity contribution in [3.05, 3.63) is 165 Å². The smallest absolute Gasteiger partial charge is 0.275 e. The normalized spacial score (nSPS) is 11.7. The third-order valence-electron chi connectivity index (χ3n) is 9.69. The van der Waals surface area contributed by atoms with Gasteiger partial charge in [0.25, 0.3) is 11.1 Å². The van der Waals surface area contributed by atoms with Crippen LogP contribution in [-0.4, -0.2) is 77.2 Å². The van der Waals surface area contributed by atoms with Crippen LogP contribution in [0, 0.1) is 0 Å². The Kier molecular flexibility index (Phi) is 19.8. The first kappa shape index (κ1) is 51.0. The van der Waals surface area contributed by atoms with Crippen molar-refractivity contribution in [2.75, 3.05) is 15.8 Å². The highest BCUT2D eigenvalue weighted by Gasteiger charge is 2.20. The number of pyridine rings is 2. The number of amides is 3. The van der Waals surface area contributed by atoms with Crippen LogP contribution in [0.5, 0.6) is 0 Å². The van der Waals surface area contributed by atoms with Gasteiger partial charge in [0, 0.05) is 37.6 Å². The SMILES string of the molecule is CC(=O)C[C@@H](C=O)NC(=O)Cn1c(Cc2ccccc2)ccc(NS(=O)(=O)CCc2ccccc2)c1=O.CC(=O)C[C@@H](C=O)NC(=O)Cn1cccc(NC(=O)CCc2ccccc2)c1=O. The van der Waals surface area contributed by atoms with Crippen LogP contribution in [0.3, 0.4) is 0 Å². The lowest BCUT2D eigenvalue weighted by Crippen LogP contribution is -2.41. The number of carbonyl (C=O) groups is 7. The monoisotopic (exact) mass is 920 g/mol. The first-order valence-electron chi connectivity index (χ1n) is 20.9. The zero-order chi connectivity index (χ0) is 48.1. The highest BCUT2D eigenvalue weighted by Crippen LogP contribution is 2.13. The van der Waals surface area contributed by atoms with Gasteiger partial charge in [-0.25, -0.2) is 8.42 Å². The van der Waals surface area contributed by atoms with Gasteiger partial charge < -0.3 is 34.7 Å². The van der Waals surface area contributed by atoms with Gasteiger partial charge in [0.05, 0.1) is 17.8 Å². The van der Waals surface area contributed by atoms with Gasteiger partial charge in [0.2, 0.25) is 27.7 Å². The molecular weight excluding hydrogens is 869 g/mol. The second kappa shape index (κ2) is 25.6. The lowest BCUT2D eigenvalue weighted by atomic mass is 10.1. The number of rotatable bonds is 23. The molecule has 0 aliphatic rings. The standard InChI is InChI=1S/C27H29N3O6S.C21H23N3O5/c1-20(32)16-23(19-31)28-26(33)18-30-24(17-22-10-6-3-7-11-22)12-13-25(27(30)34)29-37(35,36)15-14-21-8-4-2-5-9-21;1-15(26)12-17(14-25)22-20(28)13-24-11-5-8-18(21(24)29)23-19(27)10-9-16-6-3-2-4-7-16/h2-13,19,23,29H,14-18H2,1H3,(H,28,33);2-8,11,14,17H,9-10,12-13H2,1H3,(H,22,28)(H,23,27)/t23-;17-/m00/s1. The number of nitrogens with one attached hydrogen (secondary N) is 4. The molecule has 2 atom stereocenters. The van der Waals surface area contributed by atoms with E-state index in [1.54, 1.807) is 6.07 Å². The molecule has 0 bridgehead atoms. The summed E-state index contributed by atoms with van der Waals surface area (Å²) in [6.07, 6.45) is 3.41. The summed E-state index contributed by atoms with van der Waals surface area (Å²) in [5.41, 5.74) is 1.87. The van der Waals surface area contributed by atoms with E-state index in [9.17, 15) is 51.6 Å². The number of Topliss-reactive ketones (excluding diaryl/α,β-unsaturated/α-hetero) is 2. The summed E-state index contributed by atoms with van der Waals surface area (Å²) in [5.74, 6) is -2.28. The Bertz CT molecular complexity index is 2710. The summed E-state index contributed by atoms with van der Waals surface area (Å²) >= 11 is 0. The molecule has 0 fully saturated rings. The number of sulfonamides is 1. The van der Waals surface area contributed by atoms with E-state index >= 15 is 0 Å². The average molecular weight is 921 g/mol. The summed E-state index contributed by atoms with van der Waals surface area (Å²) in [6.45, 7) is 1.83. The Labute approximate surface area is 381 Å². The molecule has 5 rings (SSSR count). The van der Waals surface area contributed by atoms with E-state index in [0.29, 0.717) is 31.1 Å². The predicted octanol–water partition coefficient (Wildman–Crippen LogP) is 3.17. The molecule has 17 nitrogen and oxygen atoms in total. The Hall–Kier alpha value is -7.60. The third-order valence-corrected chi connectivity index (χ3v) is 11.0. The number of nitrogens with zero attached hydrogens (tertiary/aromatic N) is 2. The van der Waals surface area contributed by atoms with Crippen LogP contribution >= 0.6 is 0 Å². The van der Waals surface area contributed by atoms with Crippen LogP contribution < -0.4 is 31.8 Å². The van der Waals surface area contributed by atoms with Gasteiger partial charge in [-0.2, -0.15) is 0 Å². The lowest BCUT2D eigenvalue weighted by Gasteiger charge is -2.17. The molecule has 0 unspecified atom stereocenters. The molecule has 0 saturated carbocycles. The van der Waals surface area contributed by atoms with Crippen LogP contribution in [0.25, 0.3) is 0 Å². The summed E-state index contributed by atoms with van der Waals surface area (Å²) in [6, 6.07) is 31.9. The van der Waals surface area contributed by atoms with Crippen LogP contribution in [0.4, 0.5) is 11.4 Å². The summed E-state index contributed by atoms with van der Waals surface area (Å²) in [4.78, 5) is 107. The molecule has 18 heteroatoms. The highest BCUT2D eigenvalue weighted by molar-refractivity contribution is 7.92. The molecule has 0 saturated heterocycles. The third kappa shape index (κ3) is 17.5. The largest absolute Gasteiger partial charge is 0.345 e. The number of anilines is 2. The molecular formula is C48H52N6O11S. The molecule has 2 heterocycles. The second-order valence-electron chi connectivity index (χ2n) is 15.3. The topological polar surface area (TPSA) is 246 Å². The van der Waals surface area contributed by atoms with E-state index in [2.05, 4.69) is 20.7 Å². The fourth-order valence-electron chi connectivity index (χ4n) is 6.50. The van der Waals surface area contributed by atoms with Crippen LogP contribution in [-0.2, 0) is 75.9 Å². The maximum atomic E-state index is 13.3. The molecule has 2 aromatic heterocycles. The van der Waals surface area contributed by atoms with Crippen molar-refractivity contribution in [2.24, 2.45) is 0 Å². The van der Waals surface area contributed by atoms with E-state index in [0.717, 1.165) is 21.3 Å². The predicted molar refractivity (Wildman–Crippen MR) is 248 cm³/mol. The minimum absolute atomic E-state index is 0.0639. The maximum Gasteiger partial charge on any atom is 0.275 e. The van der Waals surface area contributed by atoms with E-state index in [-0.39, 0.29) is 66.8 Å². The Morgan fingerprint density at radius 2 is 1.11 bits per heavy atom. The molecule has 346 valence electrons. The maximum absolute atomic E-state index is 13.3. The van der Waals surface area contributed by atoms with Crippen molar-refractivity contribution in [3.63, 3.8) is 0 Å². The number of ketones is 2. The van der Waals surface area contributed by atoms with Crippen molar-refractivity contribution in [2.45, 2.75) is 77.5 Å². The van der Waals surface area contributed by atoms with Gasteiger partial charge in [-0.05, 0) is 67.6 Å². The highest BCUT2D eigenvalue weighted by atomic mass is 32.2. The van der Waals surface area contributed by atoms with E-state index in [4.69, 9.17) is 0 Å². The summed E-state index contributed by atoms with van der Waals surface area (Å²) < 4.78 is 30.1. The number of hydrogen-bond acceptors (Lipinski definition) is 11. The first-order valence-corrected chi connectivity index (χ1v) is 22.5. The molecule has 3 aromatic carbocycles. The zero-order valence-electron chi connectivity index (χ0n) is 36.5. The number of hydrogen-bond donors (Lipinski definition) is 4. The van der Waals surface area contributed by atoms with Crippen LogP contribution in [0.2, 0.25) is 0 Å². The van der Waals surface area contributed by atoms with E-state index in [1.165, 1.54) is 42.8 Å². The van der Waals surface area contributed by atoms with Gasteiger partial charge in [-0.3, -0.25) is 38.3 Å². The van der Waals surface area contributed by atoms with Crippen molar-refractivity contribution in [3.8, 4) is 0 Å². The van der Waals surface area contributed by atoms with Gasteiger partial charge in [0.1, 0.15) is 48.6 Å². The Balaban J connectivity index is 0.000000297. The first-order chi connectivity index (χ1) is 31.5. The van der Waals surface area contributed by atoms with E-state index < -0.39 is 51.6 Å². The zero-order valence-corrected chi connectivity index (χ0v) is 37.3. The molecule has 5 aromatic rings. The lowest BCUT2D eigenvalue weighted by molar-refractivity contribution is -0.126. The van der Waals surface area contributed by atoms with Gasteiger partial charge in [-0.1, -0.05) is 91.0 Å². The van der Waals surface area contributed by atoms with Crippen molar-refractivity contribution in [1.82, 2.24) is 19.8 Å². The molecule has 4 N–H and O–H groups in total. The Morgan fingerprint density at radius 1 is 0.591 bits per heavy atom. The van der Waals surface area contributed by atoms with Gasteiger partial charge >= 0.3 is 0 Å². The quantitative estimate of drug-likeness (QED) is 0.0694. The van der Waals surface area contributed by atoms with E-state index in [1.807, 2.05) is 91.0 Å². The molecule has 0 spiro atoms. The van der Waals surface area contributed by atoms with Crippen LogP contribution in [0.1, 0.15) is 55.5 Å². The minimum Gasteiger partial charge on any atom is -0.345 e. The fraction of sp³-hybridized carbons (Fsp3) is 0.271. The fourth-order valence-corrected chi connectivity index (χ4v) is 7.60. The number of aryl methyl sites for hydroxylation is 2. The number of aldehydes is 2. The molecule has 0 aliphatic carbocycles. The molecule has 0 radical (unpaired) electrons. The molecule has 66 heavy (non-hydrogen) atoms. The summed E-state index contributed by atoms with van der Waals surface area (Å²) in [7, 11) is -3.86. The van der Waals surface area contributed by atoms with Crippen molar-refractivity contribution < 1.29 is 42.0 Å². The minimum atomic E-state index is -3.86. The number of aromatic nitrogens is 2. The average Bonchev–Trinajstić information content (AvgIpc) is 3.29. The summed E-state index contributed by atoms with van der Waals surface area (Å²) in [5, 5.41) is 7.41. The van der Waals surface area contributed by atoms with Crippen molar-refractivity contribution in [1.29, 1.82) is 0 Å². The van der Waals surface area contributed by atoms with Gasteiger partial charge in [0.15, 0.2) is 0 Å². The van der Waals surface area contributed by atoms with Crippen LogP contribution in [0.15, 0.2) is 131 Å². The van der Waals surface area contributed by atoms with Gasteiger partial charge in [-0.15, -0.1) is 0 Å². The molecule has 3 amide bonds. The molecule has 0 aliphatic heterocycles. The Morgan fingerprint density at radius 3 is 1.64 bits per heavy atom.